The summed E-state index contributed by atoms with van der Waals surface area (Å²) in [5, 5.41) is 15.2. The molecule has 178 valence electrons. The molecule has 2 aromatic carbocycles. The molecule has 2 fully saturated rings. The highest BCUT2D eigenvalue weighted by Crippen LogP contribution is 2.49. The zero-order valence-electron chi connectivity index (χ0n) is 19.4. The number of fused-ring (bicyclic) bond motifs is 5. The molecule has 4 atom stereocenters. The van der Waals surface area contributed by atoms with Crippen LogP contribution in [0.1, 0.15) is 50.2 Å². The topological polar surface area (TPSA) is 105 Å². The number of benzene rings is 2. The summed E-state index contributed by atoms with van der Waals surface area (Å²) in [6, 6.07) is 15.8. The lowest BCUT2D eigenvalue weighted by Crippen LogP contribution is -2.59. The van der Waals surface area contributed by atoms with Gasteiger partial charge in [0.2, 0.25) is 5.91 Å². The van der Waals surface area contributed by atoms with Crippen molar-refractivity contribution in [2.24, 2.45) is 17.8 Å². The van der Waals surface area contributed by atoms with Crippen molar-refractivity contribution in [3.63, 3.8) is 0 Å². The lowest BCUT2D eigenvalue weighted by molar-refractivity contribution is -0.145. The first-order valence-electron chi connectivity index (χ1n) is 11.9. The van der Waals surface area contributed by atoms with Crippen molar-refractivity contribution in [1.82, 2.24) is 10.6 Å². The Balaban J connectivity index is 1.22. The van der Waals surface area contributed by atoms with Gasteiger partial charge in [-0.1, -0.05) is 48.5 Å². The normalized spacial score (nSPS) is 24.9. The first kappa shape index (κ1) is 22.4. The number of carbonyl (C=O) groups is 3. The molecule has 0 radical (unpaired) electrons. The Labute approximate surface area is 198 Å². The van der Waals surface area contributed by atoms with Crippen LogP contribution in [0.25, 0.3) is 11.1 Å². The Bertz CT molecular complexity index is 1100. The van der Waals surface area contributed by atoms with Crippen LogP contribution < -0.4 is 10.6 Å². The Morgan fingerprint density at radius 2 is 1.56 bits per heavy atom. The Morgan fingerprint density at radius 1 is 0.971 bits per heavy atom. The Morgan fingerprint density at radius 3 is 2.18 bits per heavy atom. The molecule has 5 rings (SSSR count). The molecule has 7 nitrogen and oxygen atoms in total. The standard InChI is InChI=1S/C27H30N2O5/c1-27(2,25(32)28-23-16-12-11-15(13-16)22(23)24(30)31)29-26(33)34-14-21-19-9-5-3-7-17(19)18-8-4-6-10-20(18)21/h3-10,15-16,21-23H,11-14H2,1-2H3,(H,28,32)(H,29,33)(H,30,31). The molecular formula is C27H30N2O5. The van der Waals surface area contributed by atoms with Crippen LogP contribution in [0.3, 0.4) is 0 Å². The molecular weight excluding hydrogens is 432 g/mol. The molecule has 3 N–H and O–H groups in total. The smallest absolute Gasteiger partial charge is 0.408 e. The van der Waals surface area contributed by atoms with Gasteiger partial charge in [0.15, 0.2) is 0 Å². The van der Waals surface area contributed by atoms with E-state index in [1.165, 1.54) is 0 Å². The summed E-state index contributed by atoms with van der Waals surface area (Å²) in [6.45, 7) is 3.37. The van der Waals surface area contributed by atoms with E-state index in [1.807, 2.05) is 36.4 Å². The lowest BCUT2D eigenvalue weighted by Gasteiger charge is -2.33. The number of rotatable bonds is 6. The number of hydrogen-bond donors (Lipinski definition) is 3. The number of nitrogens with one attached hydrogen (secondary N) is 2. The number of carboxylic acid groups (broad SMARTS) is 1. The van der Waals surface area contributed by atoms with Crippen molar-refractivity contribution in [3.8, 4) is 11.1 Å². The second-order valence-electron chi connectivity index (χ2n) is 10.3. The number of hydrogen-bond acceptors (Lipinski definition) is 4. The molecule has 4 unspecified atom stereocenters. The number of carbonyl (C=O) groups excluding carboxylic acids is 2. The summed E-state index contributed by atoms with van der Waals surface area (Å²) >= 11 is 0. The van der Waals surface area contributed by atoms with E-state index >= 15 is 0 Å². The molecule has 34 heavy (non-hydrogen) atoms. The molecule has 0 aromatic heterocycles. The predicted octanol–water partition coefficient (Wildman–Crippen LogP) is 3.92. The molecule has 2 amide bonds. The first-order valence-corrected chi connectivity index (χ1v) is 11.9. The van der Waals surface area contributed by atoms with Crippen LogP contribution in [-0.4, -0.2) is 41.3 Å². The zero-order chi connectivity index (χ0) is 24.0. The molecule has 2 bridgehead atoms. The summed E-state index contributed by atoms with van der Waals surface area (Å²) in [7, 11) is 0. The summed E-state index contributed by atoms with van der Waals surface area (Å²) in [5.74, 6) is -1.59. The predicted molar refractivity (Wildman–Crippen MR) is 126 cm³/mol. The van der Waals surface area contributed by atoms with E-state index < -0.39 is 35.5 Å². The minimum atomic E-state index is -1.24. The highest BCUT2D eigenvalue weighted by atomic mass is 16.5. The van der Waals surface area contributed by atoms with Crippen LogP contribution >= 0.6 is 0 Å². The summed E-state index contributed by atoms with van der Waals surface area (Å²) < 4.78 is 5.58. The average Bonchev–Trinajstić information content (AvgIpc) is 3.49. The van der Waals surface area contributed by atoms with E-state index in [4.69, 9.17) is 4.74 Å². The maximum Gasteiger partial charge on any atom is 0.408 e. The van der Waals surface area contributed by atoms with E-state index in [9.17, 15) is 19.5 Å². The zero-order valence-corrected chi connectivity index (χ0v) is 19.4. The minimum Gasteiger partial charge on any atom is -0.481 e. The molecule has 7 heteroatoms. The van der Waals surface area contributed by atoms with E-state index in [0.717, 1.165) is 41.5 Å². The number of alkyl carbamates (subject to hydrolysis) is 1. The van der Waals surface area contributed by atoms with E-state index in [1.54, 1.807) is 13.8 Å². The number of carboxylic acids is 1. The van der Waals surface area contributed by atoms with Crippen LogP contribution in [0.4, 0.5) is 4.79 Å². The van der Waals surface area contributed by atoms with Crippen molar-refractivity contribution >= 4 is 18.0 Å². The van der Waals surface area contributed by atoms with Gasteiger partial charge in [-0.2, -0.15) is 0 Å². The van der Waals surface area contributed by atoms with Gasteiger partial charge in [-0.15, -0.1) is 0 Å². The second-order valence-corrected chi connectivity index (χ2v) is 10.3. The van der Waals surface area contributed by atoms with Gasteiger partial charge in [-0.05, 0) is 67.2 Å². The summed E-state index contributed by atoms with van der Waals surface area (Å²) in [4.78, 5) is 37.4. The maximum absolute atomic E-state index is 13.0. The Kier molecular flexibility index (Phi) is 5.58. The summed E-state index contributed by atoms with van der Waals surface area (Å²) in [5.41, 5.74) is 3.28. The quantitative estimate of drug-likeness (QED) is 0.604. The van der Waals surface area contributed by atoms with Gasteiger partial charge >= 0.3 is 12.1 Å². The van der Waals surface area contributed by atoms with Crippen molar-refractivity contribution in [3.05, 3.63) is 59.7 Å². The van der Waals surface area contributed by atoms with Crippen LogP contribution in [0.2, 0.25) is 0 Å². The molecule has 0 aliphatic heterocycles. The minimum absolute atomic E-state index is 0.0690. The fourth-order valence-corrected chi connectivity index (χ4v) is 6.13. The van der Waals surface area contributed by atoms with Crippen LogP contribution in [0.5, 0.6) is 0 Å². The van der Waals surface area contributed by atoms with Crippen molar-refractivity contribution in [1.29, 1.82) is 0 Å². The van der Waals surface area contributed by atoms with Gasteiger partial charge in [-0.25, -0.2) is 4.79 Å². The van der Waals surface area contributed by atoms with Crippen LogP contribution in [0.15, 0.2) is 48.5 Å². The second kappa shape index (κ2) is 8.46. The molecule has 3 aliphatic carbocycles. The fourth-order valence-electron chi connectivity index (χ4n) is 6.13. The summed E-state index contributed by atoms with van der Waals surface area (Å²) in [6.07, 6.45) is 1.99. The molecule has 0 spiro atoms. The molecule has 3 aliphatic rings. The molecule has 2 saturated carbocycles. The molecule has 2 aromatic rings. The third-order valence-electron chi connectivity index (χ3n) is 7.83. The number of ether oxygens (including phenoxy) is 1. The maximum atomic E-state index is 13.0. The van der Waals surface area contributed by atoms with Crippen molar-refractivity contribution in [2.45, 2.75) is 50.6 Å². The third kappa shape index (κ3) is 3.83. The lowest BCUT2D eigenvalue weighted by atomic mass is 9.84. The van der Waals surface area contributed by atoms with E-state index in [0.29, 0.717) is 0 Å². The van der Waals surface area contributed by atoms with E-state index in [2.05, 4.69) is 22.8 Å². The highest BCUT2D eigenvalue weighted by Gasteiger charge is 2.52. The third-order valence-corrected chi connectivity index (χ3v) is 7.83. The van der Waals surface area contributed by atoms with Crippen LogP contribution in [0, 0.1) is 17.8 Å². The highest BCUT2D eigenvalue weighted by molar-refractivity contribution is 5.90. The van der Waals surface area contributed by atoms with Crippen molar-refractivity contribution < 1.29 is 24.2 Å². The van der Waals surface area contributed by atoms with Gasteiger partial charge in [0.1, 0.15) is 12.1 Å². The van der Waals surface area contributed by atoms with Gasteiger partial charge in [0.25, 0.3) is 0 Å². The fraction of sp³-hybridized carbons (Fsp3) is 0.444. The first-order chi connectivity index (χ1) is 16.3. The van der Waals surface area contributed by atoms with E-state index in [-0.39, 0.29) is 24.4 Å². The molecule has 0 heterocycles. The monoisotopic (exact) mass is 462 g/mol. The largest absolute Gasteiger partial charge is 0.481 e. The average molecular weight is 463 g/mol. The van der Waals surface area contributed by atoms with Gasteiger partial charge in [-0.3, -0.25) is 9.59 Å². The SMILES string of the molecule is CC(C)(NC(=O)OCC1c2ccccc2-c2ccccc21)C(=O)NC1C2CCC(C2)C1C(=O)O. The van der Waals surface area contributed by atoms with Gasteiger partial charge in [0.05, 0.1) is 5.92 Å². The molecule has 0 saturated heterocycles. The van der Waals surface area contributed by atoms with Crippen molar-refractivity contribution in [2.75, 3.05) is 6.61 Å². The Hall–Kier alpha value is -3.35. The van der Waals surface area contributed by atoms with Gasteiger partial charge < -0.3 is 20.5 Å². The number of aliphatic carboxylic acids is 1. The van der Waals surface area contributed by atoms with Gasteiger partial charge in [0, 0.05) is 12.0 Å². The number of amides is 2. The van der Waals surface area contributed by atoms with Crippen LogP contribution in [-0.2, 0) is 14.3 Å².